The molecule has 318 valence electrons. The fourth-order valence-corrected chi connectivity index (χ4v) is 8.55. The summed E-state index contributed by atoms with van der Waals surface area (Å²) in [5, 5.41) is 2.99. The van der Waals surface area contributed by atoms with Gasteiger partial charge in [0.05, 0.1) is 48.7 Å². The van der Waals surface area contributed by atoms with Crippen LogP contribution >= 0.6 is 0 Å². The molecule has 3 amide bonds. The minimum atomic E-state index is -0.665. The third-order valence-electron chi connectivity index (χ3n) is 12.4. The van der Waals surface area contributed by atoms with E-state index in [4.69, 9.17) is 9.47 Å². The summed E-state index contributed by atoms with van der Waals surface area (Å²) in [5.74, 6) is -1.65. The van der Waals surface area contributed by atoms with E-state index in [0.717, 1.165) is 18.4 Å². The third-order valence-corrected chi connectivity index (χ3v) is 12.4. The second-order valence-electron chi connectivity index (χ2n) is 17.1. The van der Waals surface area contributed by atoms with Crippen LogP contribution in [0.4, 0.5) is 0 Å². The molecule has 11 heteroatoms. The molecule has 1 aromatic rings. The summed E-state index contributed by atoms with van der Waals surface area (Å²) in [6, 6.07) is 8.08. The normalized spacial score (nSPS) is 19.0. The minimum Gasteiger partial charge on any atom is -0.379 e. The van der Waals surface area contributed by atoms with Crippen LogP contribution in [0.1, 0.15) is 113 Å². The average molecular weight is 785 g/mol. The van der Waals surface area contributed by atoms with Crippen LogP contribution in [0.5, 0.6) is 0 Å². The molecule has 1 aliphatic heterocycles. The molecule has 2 rings (SSSR count). The third kappa shape index (κ3) is 12.9. The minimum absolute atomic E-state index is 0.000167. The molecule has 0 aliphatic carbocycles. The van der Waals surface area contributed by atoms with E-state index in [0.29, 0.717) is 25.8 Å². The van der Waals surface area contributed by atoms with E-state index in [2.05, 4.69) is 37.9 Å². The van der Waals surface area contributed by atoms with Gasteiger partial charge >= 0.3 is 0 Å². The van der Waals surface area contributed by atoms with Crippen molar-refractivity contribution in [1.29, 1.82) is 0 Å². The van der Waals surface area contributed by atoms with E-state index in [1.165, 1.54) is 0 Å². The summed E-state index contributed by atoms with van der Waals surface area (Å²) in [4.78, 5) is 74.9. The topological polar surface area (TPSA) is 126 Å². The Balaban J connectivity index is 2.30. The van der Waals surface area contributed by atoms with Gasteiger partial charge in [0, 0.05) is 52.6 Å². The summed E-state index contributed by atoms with van der Waals surface area (Å²) >= 11 is 0. The van der Waals surface area contributed by atoms with Crippen molar-refractivity contribution in [3.63, 3.8) is 0 Å². The van der Waals surface area contributed by atoms with E-state index in [-0.39, 0.29) is 78.0 Å². The molecular weight excluding hydrogens is 709 g/mol. The molecular formula is C45H76N4O7. The maximum absolute atomic E-state index is 14.4. The molecule has 1 fully saturated rings. The number of hydrogen-bond acceptors (Lipinski definition) is 8. The van der Waals surface area contributed by atoms with Crippen molar-refractivity contribution in [2.45, 2.75) is 157 Å². The average Bonchev–Trinajstić information content (AvgIpc) is 3.65. The predicted molar refractivity (Wildman–Crippen MR) is 223 cm³/mol. The number of methoxy groups -OCH3 is 2. The maximum atomic E-state index is 14.4. The first-order valence-electron chi connectivity index (χ1n) is 21.1. The Hall–Kier alpha value is -3.15. The van der Waals surface area contributed by atoms with Crippen LogP contribution in [0.3, 0.4) is 0 Å². The molecule has 56 heavy (non-hydrogen) atoms. The van der Waals surface area contributed by atoms with Gasteiger partial charge in [-0.1, -0.05) is 92.1 Å². The molecule has 0 aromatic heterocycles. The van der Waals surface area contributed by atoms with Gasteiger partial charge in [-0.05, 0) is 63.5 Å². The highest BCUT2D eigenvalue weighted by Gasteiger charge is 2.43. The lowest BCUT2D eigenvalue weighted by atomic mass is 9.83. The van der Waals surface area contributed by atoms with Crippen molar-refractivity contribution in [3.05, 3.63) is 35.9 Å². The van der Waals surface area contributed by atoms with Crippen molar-refractivity contribution in [1.82, 2.24) is 20.0 Å². The Kier molecular flexibility index (Phi) is 20.4. The standard InChI is InChI=1S/C45H76N4O7/c1-15-31(9)42(48(12)45(54)34(28(3)4)26-38(51)41(29(5)6)47(11)30(7)8)39(55-13)27-40(52)49-24-20-23-36(49)43(56-14)32(10)44(53)46-35(37(50)16-2)25-33-21-18-17-19-22-33/h17-19,21-22,28-32,34-36,39,41-43H,15-16,20,23-27H2,1-14H3,(H,46,53)/t31?,32-,34+,35+,36+,39-,41+,42+,43-/m1/s1. The Morgan fingerprint density at radius 2 is 1.48 bits per heavy atom. The highest BCUT2D eigenvalue weighted by Crippen LogP contribution is 2.31. The molecule has 0 bridgehead atoms. The number of ketones is 2. The van der Waals surface area contributed by atoms with Crippen molar-refractivity contribution >= 4 is 29.3 Å². The molecule has 9 atom stereocenters. The van der Waals surface area contributed by atoms with Crippen molar-refractivity contribution in [2.24, 2.45) is 29.6 Å². The number of carbonyl (C=O) groups excluding carboxylic acids is 5. The van der Waals surface area contributed by atoms with Gasteiger partial charge in [0.25, 0.3) is 0 Å². The Morgan fingerprint density at radius 1 is 0.857 bits per heavy atom. The lowest BCUT2D eigenvalue weighted by molar-refractivity contribution is -0.149. The zero-order valence-electron chi connectivity index (χ0n) is 37.2. The molecule has 1 aliphatic rings. The zero-order valence-corrected chi connectivity index (χ0v) is 37.2. The number of benzene rings is 1. The Bertz CT molecular complexity index is 1400. The molecule has 1 N–H and O–H groups in total. The smallest absolute Gasteiger partial charge is 0.226 e. The monoisotopic (exact) mass is 785 g/mol. The van der Waals surface area contributed by atoms with Crippen LogP contribution in [0.15, 0.2) is 30.3 Å². The van der Waals surface area contributed by atoms with E-state index >= 15 is 0 Å². The zero-order chi connectivity index (χ0) is 42.4. The van der Waals surface area contributed by atoms with E-state index in [1.807, 2.05) is 70.0 Å². The summed E-state index contributed by atoms with van der Waals surface area (Å²) in [5.41, 5.74) is 0.960. The summed E-state index contributed by atoms with van der Waals surface area (Å²) in [6.07, 6.45) is 1.86. The summed E-state index contributed by atoms with van der Waals surface area (Å²) < 4.78 is 12.1. The highest BCUT2D eigenvalue weighted by molar-refractivity contribution is 5.91. The SMILES string of the molecule is CCC(=O)[C@H](Cc1ccccc1)NC(=O)[C@H](C)[C@@H](OC)[C@@H]1CCCN1C(=O)C[C@@H](OC)[C@H](C(C)CC)N(C)C(=O)[C@@H](CC(=O)[C@H](C(C)C)N(C)C(C)C)C(C)C. The number of nitrogens with one attached hydrogen (secondary N) is 1. The molecule has 0 saturated carbocycles. The van der Waals surface area contributed by atoms with E-state index in [1.54, 1.807) is 40.0 Å². The summed E-state index contributed by atoms with van der Waals surface area (Å²) in [7, 11) is 6.90. The molecule has 1 unspecified atom stereocenters. The van der Waals surface area contributed by atoms with Gasteiger partial charge in [0.2, 0.25) is 17.7 Å². The highest BCUT2D eigenvalue weighted by atomic mass is 16.5. The molecule has 0 radical (unpaired) electrons. The second-order valence-corrected chi connectivity index (χ2v) is 17.1. The van der Waals surface area contributed by atoms with Gasteiger partial charge in [-0.25, -0.2) is 0 Å². The Labute approximate surface area is 339 Å². The van der Waals surface area contributed by atoms with Crippen molar-refractivity contribution in [2.75, 3.05) is 34.9 Å². The lowest BCUT2D eigenvalue weighted by Gasteiger charge is -2.41. The molecule has 1 saturated heterocycles. The van der Waals surface area contributed by atoms with E-state index < -0.39 is 36.1 Å². The van der Waals surface area contributed by atoms with Gasteiger partial charge in [0.1, 0.15) is 0 Å². The number of Topliss-reactive ketones (excluding diaryl/α,β-unsaturated/α-hetero) is 2. The number of likely N-dealkylation sites (N-methyl/N-ethyl adjacent to an activating group) is 2. The fraction of sp³-hybridized carbons (Fsp3) is 0.756. The van der Waals surface area contributed by atoms with Crippen LogP contribution in [-0.4, -0.2) is 121 Å². The fourth-order valence-electron chi connectivity index (χ4n) is 8.55. The number of amides is 3. The van der Waals surface area contributed by atoms with Crippen LogP contribution in [0, 0.1) is 29.6 Å². The first-order chi connectivity index (χ1) is 26.4. The number of nitrogens with zero attached hydrogens (tertiary/aromatic N) is 3. The Morgan fingerprint density at radius 3 is 1.98 bits per heavy atom. The summed E-state index contributed by atoms with van der Waals surface area (Å²) in [6.45, 7) is 20.4. The number of rotatable bonds is 24. The van der Waals surface area contributed by atoms with E-state index in [9.17, 15) is 24.0 Å². The van der Waals surface area contributed by atoms with Gasteiger partial charge in [-0.3, -0.25) is 28.9 Å². The molecule has 1 aromatic carbocycles. The van der Waals surface area contributed by atoms with Crippen LogP contribution in [-0.2, 0) is 39.9 Å². The number of carbonyl (C=O) groups is 5. The van der Waals surface area contributed by atoms with Crippen molar-refractivity contribution in [3.8, 4) is 0 Å². The first kappa shape index (κ1) is 49.0. The lowest BCUT2D eigenvalue weighted by Crippen LogP contribution is -2.55. The second kappa shape index (κ2) is 23.3. The van der Waals surface area contributed by atoms with Crippen LogP contribution in [0.25, 0.3) is 0 Å². The molecule has 11 nitrogen and oxygen atoms in total. The molecule has 1 heterocycles. The largest absolute Gasteiger partial charge is 0.379 e. The number of hydrogen-bond donors (Lipinski definition) is 1. The van der Waals surface area contributed by atoms with Gasteiger partial charge < -0.3 is 24.6 Å². The molecule has 0 spiro atoms. The van der Waals surface area contributed by atoms with Crippen LogP contribution in [0.2, 0.25) is 0 Å². The van der Waals surface area contributed by atoms with Crippen LogP contribution < -0.4 is 5.32 Å². The van der Waals surface area contributed by atoms with Gasteiger partial charge in [-0.15, -0.1) is 0 Å². The number of ether oxygens (including phenoxy) is 2. The van der Waals surface area contributed by atoms with Gasteiger partial charge in [0.15, 0.2) is 11.6 Å². The quantitative estimate of drug-likeness (QED) is 0.131. The number of likely N-dealkylation sites (tertiary alicyclic amines) is 1. The predicted octanol–water partition coefficient (Wildman–Crippen LogP) is 6.21. The van der Waals surface area contributed by atoms with Crippen molar-refractivity contribution < 1.29 is 33.4 Å². The first-order valence-corrected chi connectivity index (χ1v) is 21.1. The maximum Gasteiger partial charge on any atom is 0.226 e. The van der Waals surface area contributed by atoms with Gasteiger partial charge in [-0.2, -0.15) is 0 Å².